The lowest BCUT2D eigenvalue weighted by molar-refractivity contribution is -0.122. The van der Waals surface area contributed by atoms with Gasteiger partial charge in [-0.1, -0.05) is 48.4 Å². The molecule has 3 atom stereocenters. The van der Waals surface area contributed by atoms with Gasteiger partial charge in [-0.2, -0.15) is 10.5 Å². The Balaban J connectivity index is 2.22. The first-order chi connectivity index (χ1) is 11.1. The Morgan fingerprint density at radius 1 is 1.17 bits per heavy atom. The molecular weight excluding hydrogens is 284 g/mol. The highest BCUT2D eigenvalue weighted by molar-refractivity contribution is 5.96. The highest BCUT2D eigenvalue weighted by Crippen LogP contribution is 2.78. The van der Waals surface area contributed by atoms with Crippen LogP contribution in [0.5, 0.6) is 0 Å². The number of allylic oxidation sites excluding steroid dienone is 2. The molecule has 0 spiro atoms. The van der Waals surface area contributed by atoms with Crippen LogP contribution in [0.25, 0.3) is 0 Å². The van der Waals surface area contributed by atoms with Gasteiger partial charge in [0.1, 0.15) is 10.8 Å². The van der Waals surface area contributed by atoms with E-state index >= 15 is 0 Å². The summed E-state index contributed by atoms with van der Waals surface area (Å²) in [5, 5.41) is 20.0. The lowest BCUT2D eigenvalue weighted by atomic mass is 9.77. The minimum atomic E-state index is -1.23. The minimum absolute atomic E-state index is 0.116. The highest BCUT2D eigenvalue weighted by atomic mass is 16.1. The van der Waals surface area contributed by atoms with Gasteiger partial charge in [-0.05, 0) is 31.7 Å². The standard InChI is InChI=1S/C20H20N2O/c1-3-17(23)20(13-22)18(16-8-5-4-6-9-16)19(20,12-21)14(2)15-10-7-11-15/h4-6,8-9,18H,3,7,10-11H2,1-2H3. The summed E-state index contributed by atoms with van der Waals surface area (Å²) in [6.07, 6.45) is 3.38. The van der Waals surface area contributed by atoms with E-state index in [1.165, 1.54) is 5.57 Å². The van der Waals surface area contributed by atoms with Gasteiger partial charge in [0.05, 0.1) is 12.1 Å². The molecule has 1 aromatic rings. The number of ketones is 1. The molecular formula is C20H20N2O. The number of nitrogens with zero attached hydrogens (tertiary/aromatic N) is 2. The molecule has 0 radical (unpaired) electrons. The topological polar surface area (TPSA) is 64.7 Å². The maximum atomic E-state index is 12.7. The van der Waals surface area contributed by atoms with Crippen LogP contribution in [0.2, 0.25) is 0 Å². The van der Waals surface area contributed by atoms with E-state index in [9.17, 15) is 15.3 Å². The van der Waals surface area contributed by atoms with E-state index in [1.54, 1.807) is 6.92 Å². The van der Waals surface area contributed by atoms with Gasteiger partial charge < -0.3 is 0 Å². The van der Waals surface area contributed by atoms with Crippen molar-refractivity contribution < 1.29 is 4.79 Å². The Labute approximate surface area is 137 Å². The van der Waals surface area contributed by atoms with Gasteiger partial charge in [0.25, 0.3) is 0 Å². The fourth-order valence-corrected chi connectivity index (χ4v) is 4.25. The van der Waals surface area contributed by atoms with Crippen LogP contribution in [0, 0.1) is 33.5 Å². The minimum Gasteiger partial charge on any atom is -0.298 e. The predicted octanol–water partition coefficient (Wildman–Crippen LogP) is 4.28. The van der Waals surface area contributed by atoms with Crippen LogP contribution in [-0.2, 0) is 4.79 Å². The Hall–Kier alpha value is -2.39. The Kier molecular flexibility index (Phi) is 3.61. The summed E-state index contributed by atoms with van der Waals surface area (Å²) >= 11 is 0. The lowest BCUT2D eigenvalue weighted by Crippen LogP contribution is -2.23. The van der Waals surface area contributed by atoms with E-state index < -0.39 is 10.8 Å². The number of carbonyl (C=O) groups excluding carboxylic acids is 1. The van der Waals surface area contributed by atoms with Crippen molar-refractivity contribution in [2.24, 2.45) is 10.8 Å². The molecule has 2 aliphatic rings. The van der Waals surface area contributed by atoms with E-state index in [-0.39, 0.29) is 18.1 Å². The zero-order chi connectivity index (χ0) is 16.7. The number of hydrogen-bond donors (Lipinski definition) is 0. The molecule has 0 heterocycles. The van der Waals surface area contributed by atoms with Gasteiger partial charge in [0.15, 0.2) is 5.78 Å². The van der Waals surface area contributed by atoms with Crippen molar-refractivity contribution in [2.75, 3.05) is 0 Å². The summed E-state index contributed by atoms with van der Waals surface area (Å²) in [6, 6.07) is 14.2. The molecule has 0 bridgehead atoms. The quantitative estimate of drug-likeness (QED) is 0.780. The van der Waals surface area contributed by atoms with Crippen LogP contribution in [-0.4, -0.2) is 5.78 Å². The molecule has 2 fully saturated rings. The van der Waals surface area contributed by atoms with Gasteiger partial charge in [0, 0.05) is 12.3 Å². The van der Waals surface area contributed by atoms with Gasteiger partial charge in [0.2, 0.25) is 0 Å². The maximum Gasteiger partial charge on any atom is 0.155 e. The predicted molar refractivity (Wildman–Crippen MR) is 87.1 cm³/mol. The molecule has 0 aliphatic heterocycles. The normalized spacial score (nSPS) is 31.5. The first kappa shape index (κ1) is 15.5. The fraction of sp³-hybridized carbons (Fsp3) is 0.450. The highest BCUT2D eigenvalue weighted by Gasteiger charge is 2.83. The monoisotopic (exact) mass is 304 g/mol. The molecule has 0 saturated heterocycles. The summed E-state index contributed by atoms with van der Waals surface area (Å²) in [5.41, 5.74) is 0.907. The van der Waals surface area contributed by atoms with Gasteiger partial charge in [-0.15, -0.1) is 0 Å². The van der Waals surface area contributed by atoms with E-state index in [2.05, 4.69) is 12.1 Å². The SMILES string of the molecule is CCC(=O)C1(C#N)C(c2ccccc2)C1(C#N)C(C)=C1CCC1. The third-order valence-corrected chi connectivity index (χ3v) is 5.73. The van der Waals surface area contributed by atoms with E-state index in [4.69, 9.17) is 0 Å². The van der Waals surface area contributed by atoms with Crippen LogP contribution < -0.4 is 0 Å². The third-order valence-electron chi connectivity index (χ3n) is 5.73. The second kappa shape index (κ2) is 5.36. The van der Waals surface area contributed by atoms with Crippen molar-refractivity contribution >= 4 is 5.78 Å². The third kappa shape index (κ3) is 1.77. The first-order valence-corrected chi connectivity index (χ1v) is 8.20. The molecule has 23 heavy (non-hydrogen) atoms. The van der Waals surface area contributed by atoms with Crippen LogP contribution in [0.1, 0.15) is 51.0 Å². The molecule has 3 nitrogen and oxygen atoms in total. The second-order valence-corrected chi connectivity index (χ2v) is 6.54. The molecule has 2 saturated carbocycles. The van der Waals surface area contributed by atoms with Crippen molar-refractivity contribution in [1.29, 1.82) is 10.5 Å². The molecule has 0 amide bonds. The molecule has 3 unspecified atom stereocenters. The number of carbonyl (C=O) groups is 1. The van der Waals surface area contributed by atoms with Crippen molar-refractivity contribution in [3.05, 3.63) is 47.0 Å². The molecule has 3 rings (SSSR count). The molecule has 2 aliphatic carbocycles. The van der Waals surface area contributed by atoms with Crippen molar-refractivity contribution in [3.63, 3.8) is 0 Å². The summed E-state index contributed by atoms with van der Waals surface area (Å²) in [7, 11) is 0. The Morgan fingerprint density at radius 3 is 2.22 bits per heavy atom. The maximum absolute atomic E-state index is 12.7. The number of benzene rings is 1. The number of Topliss-reactive ketones (excluding diaryl/α,β-unsaturated/α-hetero) is 1. The average molecular weight is 304 g/mol. The van der Waals surface area contributed by atoms with E-state index in [0.29, 0.717) is 0 Å². The number of nitriles is 2. The van der Waals surface area contributed by atoms with E-state index in [0.717, 1.165) is 30.4 Å². The van der Waals surface area contributed by atoms with Crippen molar-refractivity contribution in [2.45, 2.75) is 45.4 Å². The van der Waals surface area contributed by atoms with Gasteiger partial charge in [-0.3, -0.25) is 4.79 Å². The number of hydrogen-bond acceptors (Lipinski definition) is 3. The summed E-state index contributed by atoms with van der Waals surface area (Å²) in [5.74, 6) is -0.471. The smallest absolute Gasteiger partial charge is 0.155 e. The van der Waals surface area contributed by atoms with E-state index in [1.807, 2.05) is 37.3 Å². The van der Waals surface area contributed by atoms with Gasteiger partial charge >= 0.3 is 0 Å². The molecule has 3 heteroatoms. The van der Waals surface area contributed by atoms with Crippen molar-refractivity contribution in [1.82, 2.24) is 0 Å². The second-order valence-electron chi connectivity index (χ2n) is 6.54. The molecule has 1 aromatic carbocycles. The Morgan fingerprint density at radius 2 is 1.78 bits per heavy atom. The van der Waals surface area contributed by atoms with Crippen LogP contribution in [0.3, 0.4) is 0 Å². The average Bonchev–Trinajstić information content (AvgIpc) is 3.18. The fourth-order valence-electron chi connectivity index (χ4n) is 4.25. The van der Waals surface area contributed by atoms with Crippen LogP contribution in [0.4, 0.5) is 0 Å². The first-order valence-electron chi connectivity index (χ1n) is 8.20. The zero-order valence-corrected chi connectivity index (χ0v) is 13.6. The number of rotatable bonds is 4. The summed E-state index contributed by atoms with van der Waals surface area (Å²) < 4.78 is 0. The largest absolute Gasteiger partial charge is 0.298 e. The zero-order valence-electron chi connectivity index (χ0n) is 13.6. The lowest BCUT2D eigenvalue weighted by Gasteiger charge is -2.24. The van der Waals surface area contributed by atoms with Crippen LogP contribution >= 0.6 is 0 Å². The van der Waals surface area contributed by atoms with Gasteiger partial charge in [-0.25, -0.2) is 0 Å². The Bertz CT molecular complexity index is 759. The molecule has 0 aromatic heterocycles. The summed E-state index contributed by atoms with van der Waals surface area (Å²) in [4.78, 5) is 12.7. The summed E-state index contributed by atoms with van der Waals surface area (Å²) in [6.45, 7) is 3.73. The van der Waals surface area contributed by atoms with Crippen molar-refractivity contribution in [3.8, 4) is 12.1 Å². The van der Waals surface area contributed by atoms with Crippen LogP contribution in [0.15, 0.2) is 41.5 Å². The molecule has 116 valence electrons. The molecule has 0 N–H and O–H groups in total.